The minimum absolute atomic E-state index is 0.165. The summed E-state index contributed by atoms with van der Waals surface area (Å²) in [5.41, 5.74) is 1.03. The number of rotatable bonds is 3. The van der Waals surface area contributed by atoms with Crippen molar-refractivity contribution >= 4 is 37.7 Å². The average Bonchev–Trinajstić information content (AvgIpc) is 2.63. The maximum atomic E-state index is 10.6. The molecular formula is C10H7Br2N3O2. The molecule has 0 aliphatic heterocycles. The fraction of sp³-hybridized carbons (Fsp3) is 0.100. The van der Waals surface area contributed by atoms with Crippen LogP contribution in [0.1, 0.15) is 5.56 Å². The molecule has 0 saturated heterocycles. The van der Waals surface area contributed by atoms with Crippen molar-refractivity contribution in [3.63, 3.8) is 0 Å². The molecule has 1 aromatic heterocycles. The molecule has 0 saturated carbocycles. The predicted molar refractivity (Wildman–Crippen MR) is 69.8 cm³/mol. The van der Waals surface area contributed by atoms with Gasteiger partial charge in [0, 0.05) is 4.47 Å². The molecule has 0 unspecified atom stereocenters. The van der Waals surface area contributed by atoms with E-state index in [1.807, 2.05) is 24.3 Å². The van der Waals surface area contributed by atoms with E-state index in [0.717, 1.165) is 10.0 Å². The largest absolute Gasteiger partial charge is 0.404 e. The first-order valence-electron chi connectivity index (χ1n) is 4.68. The first-order valence-corrected chi connectivity index (χ1v) is 6.26. The Balaban J connectivity index is 2.22. The van der Waals surface area contributed by atoms with Crippen LogP contribution in [-0.4, -0.2) is 14.7 Å². The van der Waals surface area contributed by atoms with Crippen molar-refractivity contribution < 1.29 is 4.92 Å². The number of aromatic nitrogens is 2. The van der Waals surface area contributed by atoms with E-state index in [1.54, 1.807) is 6.20 Å². The quantitative estimate of drug-likeness (QED) is 0.622. The Labute approximate surface area is 114 Å². The van der Waals surface area contributed by atoms with Crippen LogP contribution in [0.2, 0.25) is 0 Å². The molecule has 17 heavy (non-hydrogen) atoms. The molecule has 2 rings (SSSR count). The first kappa shape index (κ1) is 12.3. The van der Waals surface area contributed by atoms with Gasteiger partial charge in [-0.15, -0.1) is 0 Å². The minimum atomic E-state index is -0.512. The topological polar surface area (TPSA) is 61.0 Å². The molecule has 7 heteroatoms. The highest BCUT2D eigenvalue weighted by atomic mass is 79.9. The van der Waals surface area contributed by atoms with Gasteiger partial charge in [-0.1, -0.05) is 28.1 Å². The summed E-state index contributed by atoms with van der Waals surface area (Å²) in [5, 5.41) is 14.5. The zero-order valence-electron chi connectivity index (χ0n) is 8.51. The van der Waals surface area contributed by atoms with E-state index in [2.05, 4.69) is 37.0 Å². The third kappa shape index (κ3) is 2.92. The van der Waals surface area contributed by atoms with Crippen LogP contribution in [0, 0.1) is 10.1 Å². The second-order valence-electron chi connectivity index (χ2n) is 3.38. The Morgan fingerprint density at radius 3 is 2.47 bits per heavy atom. The molecule has 88 valence electrons. The van der Waals surface area contributed by atoms with Crippen molar-refractivity contribution in [2.75, 3.05) is 0 Å². The van der Waals surface area contributed by atoms with E-state index in [9.17, 15) is 10.1 Å². The van der Waals surface area contributed by atoms with Crippen LogP contribution in [0.3, 0.4) is 0 Å². The summed E-state index contributed by atoms with van der Waals surface area (Å²) in [6.07, 6.45) is 1.60. The van der Waals surface area contributed by atoms with Crippen LogP contribution < -0.4 is 0 Å². The van der Waals surface area contributed by atoms with Gasteiger partial charge in [0.2, 0.25) is 0 Å². The summed E-state index contributed by atoms with van der Waals surface area (Å²) in [7, 11) is 0. The third-order valence-corrected chi connectivity index (χ3v) is 3.22. The van der Waals surface area contributed by atoms with Crippen LogP contribution in [0.25, 0.3) is 0 Å². The smallest absolute Gasteiger partial charge is 0.358 e. The van der Waals surface area contributed by atoms with Gasteiger partial charge in [0.1, 0.15) is 4.47 Å². The molecule has 0 fully saturated rings. The number of nitro groups is 1. The van der Waals surface area contributed by atoms with Gasteiger partial charge >= 0.3 is 5.82 Å². The lowest BCUT2D eigenvalue weighted by Gasteiger charge is -1.98. The van der Waals surface area contributed by atoms with Crippen LogP contribution in [0.5, 0.6) is 0 Å². The lowest BCUT2D eigenvalue weighted by Crippen LogP contribution is -2.01. The molecule has 1 heterocycles. The van der Waals surface area contributed by atoms with Crippen LogP contribution in [0.4, 0.5) is 5.82 Å². The first-order chi connectivity index (χ1) is 8.06. The Kier molecular flexibility index (Phi) is 3.58. The van der Waals surface area contributed by atoms with Gasteiger partial charge in [0.15, 0.2) is 0 Å². The molecular weight excluding hydrogens is 354 g/mol. The van der Waals surface area contributed by atoms with Gasteiger partial charge in [-0.3, -0.25) is 0 Å². The summed E-state index contributed by atoms with van der Waals surface area (Å²) < 4.78 is 2.92. The summed E-state index contributed by atoms with van der Waals surface area (Å²) in [5.74, 6) is -0.165. The molecule has 0 aliphatic carbocycles. The summed E-state index contributed by atoms with van der Waals surface area (Å²) in [6.45, 7) is 0.500. The third-order valence-electron chi connectivity index (χ3n) is 2.13. The van der Waals surface area contributed by atoms with E-state index in [0.29, 0.717) is 11.0 Å². The fourth-order valence-corrected chi connectivity index (χ4v) is 2.09. The van der Waals surface area contributed by atoms with Gasteiger partial charge in [0.05, 0.1) is 17.8 Å². The summed E-state index contributed by atoms with van der Waals surface area (Å²) in [4.78, 5) is 10.1. The zero-order chi connectivity index (χ0) is 12.4. The van der Waals surface area contributed by atoms with Crippen molar-refractivity contribution in [1.29, 1.82) is 0 Å². The van der Waals surface area contributed by atoms with E-state index < -0.39 is 4.92 Å². The maximum absolute atomic E-state index is 10.6. The van der Waals surface area contributed by atoms with E-state index in [-0.39, 0.29) is 5.82 Å². The van der Waals surface area contributed by atoms with E-state index in [4.69, 9.17) is 0 Å². The van der Waals surface area contributed by atoms with Gasteiger partial charge < -0.3 is 10.1 Å². The van der Waals surface area contributed by atoms with Gasteiger partial charge in [-0.2, -0.15) is 4.68 Å². The molecule has 0 atom stereocenters. The molecule has 5 nitrogen and oxygen atoms in total. The Morgan fingerprint density at radius 2 is 1.94 bits per heavy atom. The van der Waals surface area contributed by atoms with Gasteiger partial charge in [-0.25, -0.2) is 0 Å². The van der Waals surface area contributed by atoms with Gasteiger partial charge in [0.25, 0.3) is 0 Å². The minimum Gasteiger partial charge on any atom is -0.358 e. The molecule has 1 aromatic carbocycles. The van der Waals surface area contributed by atoms with Crippen LogP contribution in [-0.2, 0) is 6.54 Å². The second kappa shape index (κ2) is 4.97. The SMILES string of the molecule is O=[N+]([O-])c1nn(Cc2ccc(Br)cc2)cc1Br. The van der Waals surface area contributed by atoms with Crippen molar-refractivity contribution in [3.8, 4) is 0 Å². The number of hydrogen-bond donors (Lipinski definition) is 0. The van der Waals surface area contributed by atoms with E-state index >= 15 is 0 Å². The van der Waals surface area contributed by atoms with Crippen LogP contribution in [0.15, 0.2) is 39.4 Å². The zero-order valence-corrected chi connectivity index (χ0v) is 11.7. The van der Waals surface area contributed by atoms with Crippen molar-refractivity contribution in [2.45, 2.75) is 6.54 Å². The molecule has 0 amide bonds. The lowest BCUT2D eigenvalue weighted by atomic mass is 10.2. The molecule has 0 bridgehead atoms. The number of nitrogens with zero attached hydrogens (tertiary/aromatic N) is 3. The lowest BCUT2D eigenvalue weighted by molar-refractivity contribution is -0.390. The molecule has 0 aliphatic rings. The highest BCUT2D eigenvalue weighted by molar-refractivity contribution is 9.10. The summed E-state index contributed by atoms with van der Waals surface area (Å²) >= 11 is 6.46. The van der Waals surface area contributed by atoms with Crippen molar-refractivity contribution in [3.05, 3.63) is 55.1 Å². The normalized spacial score (nSPS) is 10.5. The maximum Gasteiger partial charge on any atom is 0.404 e. The second-order valence-corrected chi connectivity index (χ2v) is 5.15. The Morgan fingerprint density at radius 1 is 1.29 bits per heavy atom. The van der Waals surface area contributed by atoms with Crippen LogP contribution >= 0.6 is 31.9 Å². The highest BCUT2D eigenvalue weighted by Crippen LogP contribution is 2.22. The number of benzene rings is 1. The molecule has 0 radical (unpaired) electrons. The summed E-state index contributed by atoms with van der Waals surface area (Å²) in [6, 6.07) is 7.71. The Hall–Kier alpha value is -1.21. The predicted octanol–water partition coefficient (Wildman–Crippen LogP) is 3.36. The monoisotopic (exact) mass is 359 g/mol. The molecule has 0 N–H and O–H groups in total. The standard InChI is InChI=1S/C10H7Br2N3O2/c11-8-3-1-7(2-4-8)5-14-6-9(12)10(13-14)15(16)17/h1-4,6H,5H2. The molecule has 0 spiro atoms. The van der Waals surface area contributed by atoms with Crippen molar-refractivity contribution in [1.82, 2.24) is 9.78 Å². The number of halogens is 2. The number of hydrogen-bond acceptors (Lipinski definition) is 3. The molecule has 2 aromatic rings. The average molecular weight is 361 g/mol. The van der Waals surface area contributed by atoms with Crippen molar-refractivity contribution in [2.24, 2.45) is 0 Å². The van der Waals surface area contributed by atoms with Gasteiger partial charge in [-0.05, 0) is 38.5 Å². The Bertz CT molecular complexity index is 551. The fourth-order valence-electron chi connectivity index (χ4n) is 1.37. The highest BCUT2D eigenvalue weighted by Gasteiger charge is 2.18. The van der Waals surface area contributed by atoms with E-state index in [1.165, 1.54) is 4.68 Å².